The predicted octanol–water partition coefficient (Wildman–Crippen LogP) is -1.21. The van der Waals surface area contributed by atoms with Crippen molar-refractivity contribution < 1.29 is 32.1 Å². The zero-order valence-electron chi connectivity index (χ0n) is 14.8. The lowest BCUT2D eigenvalue weighted by Crippen LogP contribution is -2.63. The number of hydrogen-bond acceptors (Lipinski definition) is 7. The molecule has 25 heavy (non-hydrogen) atoms. The van der Waals surface area contributed by atoms with Gasteiger partial charge in [-0.05, 0) is 24.7 Å². The minimum absolute atomic E-state index is 0.0648. The summed E-state index contributed by atoms with van der Waals surface area (Å²) in [6.07, 6.45) is 1.07. The number of rotatable bonds is 9. The molecular formula is C15H25N2O7S-. The summed E-state index contributed by atoms with van der Waals surface area (Å²) in [6, 6.07) is -0.950. The lowest BCUT2D eigenvalue weighted by atomic mass is 10.00. The number of aliphatic carboxylic acids is 1. The van der Waals surface area contributed by atoms with E-state index in [4.69, 9.17) is 0 Å². The van der Waals surface area contributed by atoms with Crippen LogP contribution in [0.5, 0.6) is 0 Å². The van der Waals surface area contributed by atoms with Gasteiger partial charge in [0.15, 0.2) is 0 Å². The lowest BCUT2D eigenvalue weighted by Gasteiger charge is -2.28. The average Bonchev–Trinajstić information content (AvgIpc) is 2.89. The Hall–Kier alpha value is -1.52. The molecular weight excluding hydrogens is 352 g/mol. The van der Waals surface area contributed by atoms with E-state index in [9.17, 15) is 23.7 Å². The average molecular weight is 377 g/mol. The molecule has 9 nitrogen and oxygen atoms in total. The Bertz CT molecular complexity index is 538. The SMILES string of the molecule is CC(C)CCNC(=O)[C@H](CC(C)C)NC(=O)[C@]1(C(=O)[O-])COS(=O)O1. The largest absolute Gasteiger partial charge is 0.546 e. The number of nitrogens with one attached hydrogen (secondary N) is 2. The van der Waals surface area contributed by atoms with E-state index < -0.39 is 47.4 Å². The van der Waals surface area contributed by atoms with Crippen LogP contribution < -0.4 is 15.7 Å². The van der Waals surface area contributed by atoms with Gasteiger partial charge in [-0.25, -0.2) is 4.18 Å². The van der Waals surface area contributed by atoms with Gasteiger partial charge in [0, 0.05) is 6.54 Å². The monoisotopic (exact) mass is 377 g/mol. The van der Waals surface area contributed by atoms with Gasteiger partial charge in [-0.3, -0.25) is 13.8 Å². The Morgan fingerprint density at radius 1 is 1.20 bits per heavy atom. The molecule has 2 N–H and O–H groups in total. The summed E-state index contributed by atoms with van der Waals surface area (Å²) in [7, 11) is 0. The van der Waals surface area contributed by atoms with Gasteiger partial charge in [0.1, 0.15) is 12.6 Å². The Morgan fingerprint density at radius 2 is 1.84 bits per heavy atom. The van der Waals surface area contributed by atoms with Gasteiger partial charge in [-0.1, -0.05) is 27.7 Å². The molecule has 0 saturated carbocycles. The molecule has 1 fully saturated rings. The van der Waals surface area contributed by atoms with Crippen molar-refractivity contribution in [2.45, 2.75) is 52.2 Å². The van der Waals surface area contributed by atoms with Gasteiger partial charge in [-0.15, -0.1) is 0 Å². The van der Waals surface area contributed by atoms with Crippen LogP contribution in [0.15, 0.2) is 0 Å². The molecule has 0 aromatic carbocycles. The van der Waals surface area contributed by atoms with Crippen molar-refractivity contribution >= 4 is 29.1 Å². The molecule has 0 aliphatic carbocycles. The summed E-state index contributed by atoms with van der Waals surface area (Å²) in [4.78, 5) is 36.0. The van der Waals surface area contributed by atoms with E-state index in [0.717, 1.165) is 6.42 Å². The van der Waals surface area contributed by atoms with Crippen molar-refractivity contribution in [3.05, 3.63) is 0 Å². The zero-order chi connectivity index (χ0) is 19.2. The topological polar surface area (TPSA) is 134 Å². The summed E-state index contributed by atoms with van der Waals surface area (Å²) < 4.78 is 20.3. The Balaban J connectivity index is 2.82. The highest BCUT2D eigenvalue weighted by Gasteiger charge is 2.50. The van der Waals surface area contributed by atoms with Crippen LogP contribution in [0.3, 0.4) is 0 Å². The summed E-state index contributed by atoms with van der Waals surface area (Å²) in [5.41, 5.74) is -2.53. The number of hydrogen-bond donors (Lipinski definition) is 2. The molecule has 1 rings (SSSR count). The third kappa shape index (κ3) is 6.05. The van der Waals surface area contributed by atoms with E-state index in [1.165, 1.54) is 0 Å². The van der Waals surface area contributed by atoms with E-state index in [0.29, 0.717) is 18.9 Å². The minimum Gasteiger partial charge on any atom is -0.546 e. The Kier molecular flexibility index (Phi) is 7.97. The van der Waals surface area contributed by atoms with E-state index >= 15 is 0 Å². The van der Waals surface area contributed by atoms with Crippen molar-refractivity contribution in [1.29, 1.82) is 0 Å². The standard InChI is InChI=1S/C15H26N2O7S/c1-9(2)5-6-16-12(18)11(7-10(3)4)17-13(19)15(14(20)21)8-23-25(22)24-15/h9-11H,5-8H2,1-4H3,(H,16,18)(H,17,19)(H,20,21)/p-1/t11-,15-,25?/m0/s1. The summed E-state index contributed by atoms with van der Waals surface area (Å²) in [6.45, 7) is 7.44. The molecule has 10 heteroatoms. The van der Waals surface area contributed by atoms with Gasteiger partial charge in [0.05, 0.1) is 5.97 Å². The number of carbonyl (C=O) groups excluding carboxylic acids is 3. The van der Waals surface area contributed by atoms with E-state index in [1.807, 2.05) is 27.7 Å². The van der Waals surface area contributed by atoms with E-state index in [1.54, 1.807) is 0 Å². The molecule has 2 amide bonds. The third-order valence-electron chi connectivity index (χ3n) is 3.62. The van der Waals surface area contributed by atoms with Gasteiger partial charge in [-0.2, -0.15) is 4.21 Å². The maximum atomic E-state index is 12.4. The molecule has 1 heterocycles. The first-order valence-electron chi connectivity index (χ1n) is 8.13. The second-order valence-electron chi connectivity index (χ2n) is 6.79. The van der Waals surface area contributed by atoms with Crippen molar-refractivity contribution in [1.82, 2.24) is 10.6 Å². The van der Waals surface area contributed by atoms with Crippen LogP contribution >= 0.6 is 0 Å². The summed E-state index contributed by atoms with van der Waals surface area (Å²) >= 11 is -2.36. The van der Waals surface area contributed by atoms with Crippen LogP contribution in [0.1, 0.15) is 40.5 Å². The summed E-state index contributed by atoms with van der Waals surface area (Å²) in [5, 5.41) is 16.4. The van der Waals surface area contributed by atoms with Gasteiger partial charge in [0.25, 0.3) is 5.91 Å². The number of carbonyl (C=O) groups is 3. The van der Waals surface area contributed by atoms with Crippen molar-refractivity contribution in [2.75, 3.05) is 13.2 Å². The fraction of sp³-hybridized carbons (Fsp3) is 0.800. The van der Waals surface area contributed by atoms with Crippen LogP contribution in [0.4, 0.5) is 0 Å². The molecule has 0 bridgehead atoms. The first kappa shape index (κ1) is 21.5. The molecule has 0 radical (unpaired) electrons. The molecule has 1 aliphatic heterocycles. The fourth-order valence-electron chi connectivity index (χ4n) is 2.17. The quantitative estimate of drug-likeness (QED) is 0.482. The first-order valence-corrected chi connectivity index (χ1v) is 9.13. The normalized spacial score (nSPS) is 24.3. The second-order valence-corrected chi connectivity index (χ2v) is 7.60. The van der Waals surface area contributed by atoms with Crippen LogP contribution in [0.25, 0.3) is 0 Å². The van der Waals surface area contributed by atoms with Gasteiger partial charge >= 0.3 is 11.4 Å². The van der Waals surface area contributed by atoms with Crippen LogP contribution in [0, 0.1) is 11.8 Å². The maximum absolute atomic E-state index is 12.4. The Labute approximate surface area is 149 Å². The number of carboxylic acid groups (broad SMARTS) is 1. The number of amides is 2. The smallest absolute Gasteiger partial charge is 0.306 e. The first-order chi connectivity index (χ1) is 11.6. The molecule has 1 unspecified atom stereocenters. The van der Waals surface area contributed by atoms with Crippen LogP contribution in [-0.2, 0) is 34.1 Å². The molecule has 0 aromatic rings. The highest BCUT2D eigenvalue weighted by atomic mass is 32.2. The van der Waals surface area contributed by atoms with Gasteiger partial charge in [0.2, 0.25) is 11.5 Å². The second kappa shape index (κ2) is 9.25. The highest BCUT2D eigenvalue weighted by molar-refractivity contribution is 7.75. The Morgan fingerprint density at radius 3 is 2.28 bits per heavy atom. The third-order valence-corrected chi connectivity index (χ3v) is 4.35. The van der Waals surface area contributed by atoms with Crippen molar-refractivity contribution in [3.8, 4) is 0 Å². The highest BCUT2D eigenvalue weighted by Crippen LogP contribution is 2.22. The molecule has 0 aromatic heterocycles. The summed E-state index contributed by atoms with van der Waals surface area (Å²) in [5.74, 6) is -2.95. The van der Waals surface area contributed by atoms with Crippen LogP contribution in [-0.4, -0.2) is 46.8 Å². The molecule has 144 valence electrons. The van der Waals surface area contributed by atoms with Crippen molar-refractivity contribution in [3.63, 3.8) is 0 Å². The molecule has 1 saturated heterocycles. The van der Waals surface area contributed by atoms with Gasteiger partial charge < -0.3 is 20.5 Å². The molecule has 1 aliphatic rings. The van der Waals surface area contributed by atoms with E-state index in [2.05, 4.69) is 19.0 Å². The molecule has 0 spiro atoms. The van der Waals surface area contributed by atoms with E-state index in [-0.39, 0.29) is 5.92 Å². The fourth-order valence-corrected chi connectivity index (χ4v) is 2.90. The van der Waals surface area contributed by atoms with Crippen molar-refractivity contribution in [2.24, 2.45) is 11.8 Å². The lowest BCUT2D eigenvalue weighted by molar-refractivity contribution is -0.318. The predicted molar refractivity (Wildman–Crippen MR) is 86.8 cm³/mol. The minimum atomic E-state index is -2.53. The molecule has 3 atom stereocenters. The van der Waals surface area contributed by atoms with Crippen LogP contribution in [0.2, 0.25) is 0 Å². The maximum Gasteiger partial charge on any atom is 0.306 e. The zero-order valence-corrected chi connectivity index (χ0v) is 15.6. The number of carboxylic acids is 1.